The Hall–Kier alpha value is -1.42. The summed E-state index contributed by atoms with van der Waals surface area (Å²) in [5, 5.41) is 2.94. The van der Waals surface area contributed by atoms with Gasteiger partial charge in [-0.1, -0.05) is 6.07 Å². The van der Waals surface area contributed by atoms with Crippen LogP contribution in [0.3, 0.4) is 0 Å². The zero-order chi connectivity index (χ0) is 12.7. The molecule has 2 saturated carbocycles. The van der Waals surface area contributed by atoms with E-state index in [2.05, 4.69) is 10.3 Å². The zero-order valence-corrected chi connectivity index (χ0v) is 10.6. The molecule has 0 aromatic carbocycles. The van der Waals surface area contributed by atoms with Crippen molar-refractivity contribution in [1.82, 2.24) is 4.98 Å². The maximum Gasteiger partial charge on any atom is 0.230 e. The first-order valence-electron chi connectivity index (χ1n) is 6.65. The molecule has 4 atom stereocenters. The normalized spacial score (nSPS) is 33.7. The van der Waals surface area contributed by atoms with Crippen LogP contribution >= 0.6 is 0 Å². The third-order valence-corrected chi connectivity index (χ3v) is 4.53. The molecule has 4 heteroatoms. The van der Waals surface area contributed by atoms with Crippen molar-refractivity contribution >= 4 is 11.7 Å². The van der Waals surface area contributed by atoms with Crippen molar-refractivity contribution in [3.63, 3.8) is 0 Å². The standard InChI is InChI=1S/C14H19N3O/c1-8-3-2-6-16-13(8)17-14(18)11-9-4-5-10(7-9)12(11)15/h2-3,6,9-12H,4-5,7,15H2,1H3,(H,16,17,18). The van der Waals surface area contributed by atoms with Crippen LogP contribution in [0.25, 0.3) is 0 Å². The lowest BCUT2D eigenvalue weighted by Crippen LogP contribution is -2.42. The van der Waals surface area contributed by atoms with Crippen LogP contribution in [0, 0.1) is 24.7 Å². The average molecular weight is 245 g/mol. The predicted octanol–water partition coefficient (Wildman–Crippen LogP) is 1.70. The minimum absolute atomic E-state index is 0.0230. The molecular weight excluding hydrogens is 226 g/mol. The highest BCUT2D eigenvalue weighted by Gasteiger charge is 2.49. The highest BCUT2D eigenvalue weighted by atomic mass is 16.2. The van der Waals surface area contributed by atoms with Gasteiger partial charge in [-0.2, -0.15) is 0 Å². The summed E-state index contributed by atoms with van der Waals surface area (Å²) in [5.74, 6) is 1.73. The van der Waals surface area contributed by atoms with Gasteiger partial charge in [0.25, 0.3) is 0 Å². The summed E-state index contributed by atoms with van der Waals surface area (Å²) in [7, 11) is 0. The molecule has 18 heavy (non-hydrogen) atoms. The third kappa shape index (κ3) is 1.81. The number of fused-ring (bicyclic) bond motifs is 2. The summed E-state index contributed by atoms with van der Waals surface area (Å²) >= 11 is 0. The van der Waals surface area contributed by atoms with E-state index in [-0.39, 0.29) is 17.9 Å². The van der Waals surface area contributed by atoms with E-state index in [1.807, 2.05) is 19.1 Å². The Morgan fingerprint density at radius 2 is 2.22 bits per heavy atom. The van der Waals surface area contributed by atoms with Crippen molar-refractivity contribution in [1.29, 1.82) is 0 Å². The number of carbonyl (C=O) groups is 1. The largest absolute Gasteiger partial charge is 0.327 e. The van der Waals surface area contributed by atoms with E-state index in [1.165, 1.54) is 6.42 Å². The number of nitrogens with one attached hydrogen (secondary N) is 1. The van der Waals surface area contributed by atoms with Crippen LogP contribution in [0.5, 0.6) is 0 Å². The highest BCUT2D eigenvalue weighted by molar-refractivity contribution is 5.93. The summed E-state index contributed by atoms with van der Waals surface area (Å²) in [6.07, 6.45) is 5.17. The second-order valence-corrected chi connectivity index (χ2v) is 5.59. The van der Waals surface area contributed by atoms with Gasteiger partial charge in [0, 0.05) is 12.2 Å². The number of amides is 1. The molecule has 0 radical (unpaired) electrons. The smallest absolute Gasteiger partial charge is 0.230 e. The molecular formula is C14H19N3O. The van der Waals surface area contributed by atoms with E-state index in [4.69, 9.17) is 5.73 Å². The molecule has 3 N–H and O–H groups in total. The molecule has 1 aromatic heterocycles. The molecule has 0 aliphatic heterocycles. The van der Waals surface area contributed by atoms with Gasteiger partial charge in [0.05, 0.1) is 5.92 Å². The fraction of sp³-hybridized carbons (Fsp3) is 0.571. The molecule has 2 aliphatic carbocycles. The summed E-state index contributed by atoms with van der Waals surface area (Å²) in [4.78, 5) is 16.5. The number of carbonyl (C=O) groups excluding carboxylic acids is 1. The molecule has 2 bridgehead atoms. The van der Waals surface area contributed by atoms with Crippen molar-refractivity contribution in [3.8, 4) is 0 Å². The number of aryl methyl sites for hydroxylation is 1. The van der Waals surface area contributed by atoms with Crippen LogP contribution in [-0.2, 0) is 4.79 Å². The molecule has 4 nitrogen and oxygen atoms in total. The molecule has 2 aliphatic rings. The molecule has 1 heterocycles. The summed E-state index contributed by atoms with van der Waals surface area (Å²) in [6, 6.07) is 3.85. The lowest BCUT2D eigenvalue weighted by Gasteiger charge is -2.27. The highest BCUT2D eigenvalue weighted by Crippen LogP contribution is 2.47. The van der Waals surface area contributed by atoms with E-state index in [0.717, 1.165) is 18.4 Å². The Morgan fingerprint density at radius 1 is 1.44 bits per heavy atom. The van der Waals surface area contributed by atoms with E-state index in [9.17, 15) is 4.79 Å². The summed E-state index contributed by atoms with van der Waals surface area (Å²) in [5.41, 5.74) is 7.16. The van der Waals surface area contributed by atoms with Crippen LogP contribution in [0.15, 0.2) is 18.3 Å². The van der Waals surface area contributed by atoms with Crippen LogP contribution in [0.2, 0.25) is 0 Å². The number of hydrogen-bond acceptors (Lipinski definition) is 3. The second-order valence-electron chi connectivity index (χ2n) is 5.59. The Bertz CT molecular complexity index is 472. The maximum absolute atomic E-state index is 12.3. The summed E-state index contributed by atoms with van der Waals surface area (Å²) < 4.78 is 0. The van der Waals surface area contributed by atoms with Gasteiger partial charge in [0.1, 0.15) is 5.82 Å². The number of hydrogen-bond donors (Lipinski definition) is 2. The summed E-state index contributed by atoms with van der Waals surface area (Å²) in [6.45, 7) is 1.95. The van der Waals surface area contributed by atoms with Crippen molar-refractivity contribution in [3.05, 3.63) is 23.9 Å². The second kappa shape index (κ2) is 4.35. The third-order valence-electron chi connectivity index (χ3n) is 4.53. The van der Waals surface area contributed by atoms with Gasteiger partial charge in [0.2, 0.25) is 5.91 Å². The lowest BCUT2D eigenvalue weighted by atomic mass is 9.84. The fourth-order valence-corrected chi connectivity index (χ4v) is 3.54. The molecule has 4 unspecified atom stereocenters. The van der Waals surface area contributed by atoms with Crippen LogP contribution in [0.4, 0.5) is 5.82 Å². The molecule has 0 saturated heterocycles. The number of rotatable bonds is 2. The van der Waals surface area contributed by atoms with Crippen molar-refractivity contribution < 1.29 is 4.79 Å². The van der Waals surface area contributed by atoms with Gasteiger partial charge in [-0.25, -0.2) is 4.98 Å². The van der Waals surface area contributed by atoms with E-state index < -0.39 is 0 Å². The predicted molar refractivity (Wildman–Crippen MR) is 69.9 cm³/mol. The SMILES string of the molecule is Cc1cccnc1NC(=O)C1C2CCC(C2)C1N. The van der Waals surface area contributed by atoms with Gasteiger partial charge in [0.15, 0.2) is 0 Å². The van der Waals surface area contributed by atoms with E-state index >= 15 is 0 Å². The Balaban J connectivity index is 1.74. The zero-order valence-electron chi connectivity index (χ0n) is 10.6. The van der Waals surface area contributed by atoms with Gasteiger partial charge < -0.3 is 11.1 Å². The van der Waals surface area contributed by atoms with Gasteiger partial charge in [-0.05, 0) is 49.7 Å². The molecule has 3 rings (SSSR count). The fourth-order valence-electron chi connectivity index (χ4n) is 3.54. The molecule has 2 fully saturated rings. The van der Waals surface area contributed by atoms with Gasteiger partial charge >= 0.3 is 0 Å². The minimum Gasteiger partial charge on any atom is -0.327 e. The minimum atomic E-state index is -0.0230. The first-order valence-corrected chi connectivity index (χ1v) is 6.65. The number of aromatic nitrogens is 1. The molecule has 1 amide bonds. The maximum atomic E-state index is 12.3. The Morgan fingerprint density at radius 3 is 2.89 bits per heavy atom. The Labute approximate surface area is 107 Å². The van der Waals surface area contributed by atoms with Crippen LogP contribution in [-0.4, -0.2) is 16.9 Å². The first kappa shape index (κ1) is 11.7. The first-order chi connectivity index (χ1) is 8.66. The van der Waals surface area contributed by atoms with E-state index in [0.29, 0.717) is 17.7 Å². The molecule has 1 aromatic rings. The average Bonchev–Trinajstić information content (AvgIpc) is 2.92. The van der Waals surface area contributed by atoms with Crippen molar-refractivity contribution in [2.24, 2.45) is 23.5 Å². The lowest BCUT2D eigenvalue weighted by molar-refractivity contribution is -0.121. The number of nitrogens with two attached hydrogens (primary N) is 1. The van der Waals surface area contributed by atoms with Crippen molar-refractivity contribution in [2.75, 3.05) is 5.32 Å². The van der Waals surface area contributed by atoms with Crippen LogP contribution < -0.4 is 11.1 Å². The monoisotopic (exact) mass is 245 g/mol. The molecule has 96 valence electrons. The van der Waals surface area contributed by atoms with Gasteiger partial charge in [-0.15, -0.1) is 0 Å². The van der Waals surface area contributed by atoms with Crippen molar-refractivity contribution in [2.45, 2.75) is 32.2 Å². The topological polar surface area (TPSA) is 68.0 Å². The van der Waals surface area contributed by atoms with Gasteiger partial charge in [-0.3, -0.25) is 4.79 Å². The quantitative estimate of drug-likeness (QED) is 0.833. The van der Waals surface area contributed by atoms with E-state index in [1.54, 1.807) is 6.20 Å². The number of nitrogens with zero attached hydrogens (tertiary/aromatic N) is 1. The number of pyridine rings is 1. The Kier molecular flexibility index (Phi) is 2.82. The number of anilines is 1. The molecule has 0 spiro atoms. The van der Waals surface area contributed by atoms with Crippen LogP contribution in [0.1, 0.15) is 24.8 Å².